The minimum absolute atomic E-state index is 0.124. The van der Waals surface area contributed by atoms with Gasteiger partial charge in [-0.05, 0) is 47.8 Å². The monoisotopic (exact) mass is 368 g/mol. The molecule has 4 nitrogen and oxygen atoms in total. The molecule has 0 amide bonds. The van der Waals surface area contributed by atoms with Gasteiger partial charge in [-0.15, -0.1) is 0 Å². The van der Waals surface area contributed by atoms with E-state index in [-0.39, 0.29) is 11.0 Å². The molecule has 1 aromatic carbocycles. The molecule has 1 aromatic rings. The fourth-order valence-corrected chi connectivity index (χ4v) is 4.44. The molecule has 0 radical (unpaired) electrons. The minimum Gasteiger partial charge on any atom is -0.314 e. The van der Waals surface area contributed by atoms with E-state index in [1.165, 1.54) is 0 Å². The van der Waals surface area contributed by atoms with Gasteiger partial charge in [0.15, 0.2) is 0 Å². The molecule has 2 N–H and O–H groups in total. The molecular formula is C12H15BrF2N2O2S. The van der Waals surface area contributed by atoms with Crippen LogP contribution in [-0.2, 0) is 10.0 Å². The second-order valence-corrected chi connectivity index (χ2v) is 7.24. The highest BCUT2D eigenvalue weighted by atomic mass is 79.9. The maximum atomic E-state index is 13.6. The molecule has 0 spiro atoms. The molecule has 1 aliphatic heterocycles. The smallest absolute Gasteiger partial charge is 0.244 e. The van der Waals surface area contributed by atoms with Crippen LogP contribution in [0, 0.1) is 11.6 Å². The summed E-state index contributed by atoms with van der Waals surface area (Å²) in [5, 5.41) is 3.25. The molecule has 20 heavy (non-hydrogen) atoms. The Hall–Kier alpha value is -0.570. The Morgan fingerprint density at radius 2 is 2.15 bits per heavy atom. The Balaban J connectivity index is 2.06. The second kappa shape index (κ2) is 6.46. The van der Waals surface area contributed by atoms with E-state index in [0.717, 1.165) is 25.5 Å². The number of sulfonamides is 1. The van der Waals surface area contributed by atoms with Gasteiger partial charge in [-0.25, -0.2) is 21.9 Å². The largest absolute Gasteiger partial charge is 0.314 e. The lowest BCUT2D eigenvalue weighted by atomic mass is 10.2. The van der Waals surface area contributed by atoms with Crippen molar-refractivity contribution in [1.29, 1.82) is 0 Å². The predicted molar refractivity (Wildman–Crippen MR) is 74.9 cm³/mol. The molecule has 0 saturated carbocycles. The van der Waals surface area contributed by atoms with Crippen LogP contribution < -0.4 is 10.0 Å². The average Bonchev–Trinajstić information content (AvgIpc) is 2.79. The quantitative estimate of drug-likeness (QED) is 0.836. The first-order valence-electron chi connectivity index (χ1n) is 6.28. The molecule has 112 valence electrons. The highest BCUT2D eigenvalue weighted by molar-refractivity contribution is 9.10. The van der Waals surface area contributed by atoms with Gasteiger partial charge in [-0.1, -0.05) is 0 Å². The van der Waals surface area contributed by atoms with Gasteiger partial charge in [0.25, 0.3) is 0 Å². The first-order valence-corrected chi connectivity index (χ1v) is 8.55. The van der Waals surface area contributed by atoms with E-state index < -0.39 is 26.6 Å². The molecule has 0 bridgehead atoms. The molecule has 2 rings (SSSR count). The molecule has 1 aliphatic rings. The third-order valence-corrected chi connectivity index (χ3v) is 5.60. The van der Waals surface area contributed by atoms with Crippen molar-refractivity contribution in [2.75, 3.05) is 13.1 Å². The zero-order valence-electron chi connectivity index (χ0n) is 10.6. The predicted octanol–water partition coefficient (Wildman–Crippen LogP) is 2.15. The lowest BCUT2D eigenvalue weighted by Gasteiger charge is -2.12. The minimum atomic E-state index is -4.00. The Bertz CT molecular complexity index is 566. The summed E-state index contributed by atoms with van der Waals surface area (Å²) in [7, 11) is -4.00. The molecule has 1 saturated heterocycles. The summed E-state index contributed by atoms with van der Waals surface area (Å²) in [5.74, 6) is -1.94. The SMILES string of the molecule is O=S(=O)(NCCC1CCCN1)c1c(F)cc(F)cc1Br. The van der Waals surface area contributed by atoms with Crippen molar-refractivity contribution >= 4 is 26.0 Å². The van der Waals surface area contributed by atoms with Gasteiger partial charge in [-0.3, -0.25) is 0 Å². The van der Waals surface area contributed by atoms with Crippen molar-refractivity contribution in [3.05, 3.63) is 28.2 Å². The van der Waals surface area contributed by atoms with Crippen LogP contribution in [0.5, 0.6) is 0 Å². The van der Waals surface area contributed by atoms with Gasteiger partial charge in [-0.2, -0.15) is 0 Å². The normalized spacial score (nSPS) is 19.4. The van der Waals surface area contributed by atoms with Crippen LogP contribution in [-0.4, -0.2) is 27.5 Å². The summed E-state index contributed by atoms with van der Waals surface area (Å²) < 4.78 is 52.9. The lowest BCUT2D eigenvalue weighted by molar-refractivity contribution is 0.526. The molecule has 1 unspecified atom stereocenters. The molecular weight excluding hydrogens is 354 g/mol. The Morgan fingerprint density at radius 1 is 1.40 bits per heavy atom. The summed E-state index contributed by atoms with van der Waals surface area (Å²) in [5.41, 5.74) is 0. The number of halogens is 3. The topological polar surface area (TPSA) is 58.2 Å². The number of benzene rings is 1. The maximum absolute atomic E-state index is 13.6. The van der Waals surface area contributed by atoms with Crippen LogP contribution >= 0.6 is 15.9 Å². The standard InChI is InChI=1S/C12H15BrF2N2O2S/c13-10-6-8(14)7-11(15)12(10)20(18,19)17-5-3-9-2-1-4-16-9/h6-7,9,16-17H,1-5H2. The molecule has 1 fully saturated rings. The van der Waals surface area contributed by atoms with E-state index in [9.17, 15) is 17.2 Å². The van der Waals surface area contributed by atoms with Crippen LogP contribution in [0.2, 0.25) is 0 Å². The highest BCUT2D eigenvalue weighted by Crippen LogP contribution is 2.26. The van der Waals surface area contributed by atoms with Gasteiger partial charge in [0, 0.05) is 23.1 Å². The van der Waals surface area contributed by atoms with Crippen LogP contribution in [0.1, 0.15) is 19.3 Å². The summed E-state index contributed by atoms with van der Waals surface area (Å²) in [6.45, 7) is 1.15. The third-order valence-electron chi connectivity index (χ3n) is 3.18. The average molecular weight is 369 g/mol. The van der Waals surface area contributed by atoms with Crippen molar-refractivity contribution in [2.45, 2.75) is 30.2 Å². The van der Waals surface area contributed by atoms with E-state index in [1.54, 1.807) is 0 Å². The Morgan fingerprint density at radius 3 is 2.75 bits per heavy atom. The second-order valence-electron chi connectivity index (χ2n) is 4.68. The van der Waals surface area contributed by atoms with Crippen molar-refractivity contribution in [3.8, 4) is 0 Å². The number of nitrogens with one attached hydrogen (secondary N) is 2. The first-order chi connectivity index (χ1) is 9.40. The fraction of sp³-hybridized carbons (Fsp3) is 0.500. The fourth-order valence-electron chi connectivity index (χ4n) is 2.23. The van der Waals surface area contributed by atoms with Gasteiger partial charge in [0.2, 0.25) is 10.0 Å². The lowest BCUT2D eigenvalue weighted by Crippen LogP contribution is -2.31. The van der Waals surface area contributed by atoms with E-state index in [0.29, 0.717) is 18.5 Å². The molecule has 0 aromatic heterocycles. The summed E-state index contributed by atoms with van der Waals surface area (Å²) in [4.78, 5) is -0.557. The van der Waals surface area contributed by atoms with Crippen molar-refractivity contribution in [1.82, 2.24) is 10.0 Å². The van der Waals surface area contributed by atoms with Crippen molar-refractivity contribution in [3.63, 3.8) is 0 Å². The molecule has 0 aliphatic carbocycles. The van der Waals surface area contributed by atoms with Crippen molar-refractivity contribution in [2.24, 2.45) is 0 Å². The number of hydrogen-bond donors (Lipinski definition) is 2. The van der Waals surface area contributed by atoms with E-state index in [4.69, 9.17) is 0 Å². The maximum Gasteiger partial charge on any atom is 0.244 e. The summed E-state index contributed by atoms with van der Waals surface area (Å²) in [6, 6.07) is 1.77. The zero-order chi connectivity index (χ0) is 14.8. The van der Waals surface area contributed by atoms with Gasteiger partial charge < -0.3 is 5.32 Å². The van der Waals surface area contributed by atoms with E-state index in [2.05, 4.69) is 26.0 Å². The highest BCUT2D eigenvalue weighted by Gasteiger charge is 2.24. The summed E-state index contributed by atoms with van der Waals surface area (Å²) >= 11 is 2.88. The van der Waals surface area contributed by atoms with E-state index in [1.807, 2.05) is 0 Å². The van der Waals surface area contributed by atoms with E-state index >= 15 is 0 Å². The van der Waals surface area contributed by atoms with Crippen molar-refractivity contribution < 1.29 is 17.2 Å². The zero-order valence-corrected chi connectivity index (χ0v) is 13.0. The third kappa shape index (κ3) is 3.75. The van der Waals surface area contributed by atoms with Crippen LogP contribution in [0.3, 0.4) is 0 Å². The number of hydrogen-bond acceptors (Lipinski definition) is 3. The van der Waals surface area contributed by atoms with Crippen LogP contribution in [0.15, 0.2) is 21.5 Å². The van der Waals surface area contributed by atoms with Crippen LogP contribution in [0.25, 0.3) is 0 Å². The number of rotatable bonds is 5. The molecule has 1 heterocycles. The molecule has 1 atom stereocenters. The van der Waals surface area contributed by atoms with Gasteiger partial charge >= 0.3 is 0 Å². The van der Waals surface area contributed by atoms with Crippen LogP contribution in [0.4, 0.5) is 8.78 Å². The Kier molecular flexibility index (Phi) is 5.11. The summed E-state index contributed by atoms with van der Waals surface area (Å²) in [6.07, 6.45) is 2.73. The van der Waals surface area contributed by atoms with Gasteiger partial charge in [0.05, 0.1) is 0 Å². The first kappa shape index (κ1) is 15.8. The molecule has 8 heteroatoms. The van der Waals surface area contributed by atoms with Gasteiger partial charge in [0.1, 0.15) is 16.5 Å². The Labute approximate surface area is 125 Å².